The highest BCUT2D eigenvalue weighted by atomic mass is 16.5. The van der Waals surface area contributed by atoms with Gasteiger partial charge in [0, 0.05) is 30.2 Å². The summed E-state index contributed by atoms with van der Waals surface area (Å²) in [4.78, 5) is 17.9. The second-order valence-electron chi connectivity index (χ2n) is 5.24. The fourth-order valence-corrected chi connectivity index (χ4v) is 2.92. The number of H-pyrrole nitrogens is 1. The van der Waals surface area contributed by atoms with Gasteiger partial charge in [0.25, 0.3) is 5.91 Å². The lowest BCUT2D eigenvalue weighted by atomic mass is 10.1. The number of aromatic nitrogens is 1. The Hall–Kier alpha value is -2.43. The molecule has 1 atom stereocenters. The van der Waals surface area contributed by atoms with Crippen LogP contribution < -0.4 is 10.5 Å². The summed E-state index contributed by atoms with van der Waals surface area (Å²) in [7, 11) is 1.55. The summed E-state index contributed by atoms with van der Waals surface area (Å²) in [5.74, 6) is 0.515. The van der Waals surface area contributed by atoms with Crippen LogP contribution in [0.15, 0.2) is 36.5 Å². The first-order valence-corrected chi connectivity index (χ1v) is 7.08. The number of methoxy groups -OCH3 is 1. The lowest BCUT2D eigenvalue weighted by molar-refractivity contribution is 0.0730. The predicted octanol–water partition coefficient (Wildman–Crippen LogP) is 2.58. The average Bonchev–Trinajstić information content (AvgIpc) is 3.16. The number of hydrogen-bond donors (Lipinski definition) is 2. The van der Waals surface area contributed by atoms with Crippen LogP contribution in [0.3, 0.4) is 0 Å². The van der Waals surface area contributed by atoms with E-state index in [1.54, 1.807) is 25.3 Å². The SMILES string of the molecule is COc1cc(N)ccc1C(=O)N1CCCC1c1ccc[nH]1. The molecular formula is C16H19N3O2. The average molecular weight is 285 g/mol. The number of benzene rings is 1. The molecule has 3 N–H and O–H groups in total. The predicted molar refractivity (Wildman–Crippen MR) is 81.2 cm³/mol. The number of anilines is 1. The van der Waals surface area contributed by atoms with E-state index in [2.05, 4.69) is 4.98 Å². The Morgan fingerprint density at radius 2 is 2.29 bits per heavy atom. The van der Waals surface area contributed by atoms with E-state index in [-0.39, 0.29) is 11.9 Å². The highest BCUT2D eigenvalue weighted by molar-refractivity contribution is 5.97. The molecule has 1 fully saturated rings. The summed E-state index contributed by atoms with van der Waals surface area (Å²) in [5.41, 5.74) is 7.98. The number of nitrogens with zero attached hydrogens (tertiary/aromatic N) is 1. The number of nitrogen functional groups attached to an aromatic ring is 1. The normalized spacial score (nSPS) is 18.0. The Balaban J connectivity index is 1.91. The Labute approximate surface area is 123 Å². The van der Waals surface area contributed by atoms with Crippen LogP contribution in [0, 0.1) is 0 Å². The van der Waals surface area contributed by atoms with Gasteiger partial charge in [0.05, 0.1) is 18.7 Å². The van der Waals surface area contributed by atoms with E-state index >= 15 is 0 Å². The zero-order valence-corrected chi connectivity index (χ0v) is 12.0. The third kappa shape index (κ3) is 2.46. The van der Waals surface area contributed by atoms with Gasteiger partial charge >= 0.3 is 0 Å². The van der Waals surface area contributed by atoms with Gasteiger partial charge in [0.2, 0.25) is 0 Å². The van der Waals surface area contributed by atoms with Crippen molar-refractivity contribution in [3.8, 4) is 5.75 Å². The van der Waals surface area contributed by atoms with Crippen molar-refractivity contribution in [1.82, 2.24) is 9.88 Å². The van der Waals surface area contributed by atoms with Gasteiger partial charge in [-0.2, -0.15) is 0 Å². The van der Waals surface area contributed by atoms with Crippen LogP contribution in [0.2, 0.25) is 0 Å². The number of amides is 1. The molecule has 21 heavy (non-hydrogen) atoms. The van der Waals surface area contributed by atoms with Crippen LogP contribution in [0.25, 0.3) is 0 Å². The molecule has 1 aromatic carbocycles. The minimum absolute atomic E-state index is 0.0102. The zero-order valence-electron chi connectivity index (χ0n) is 12.0. The van der Waals surface area contributed by atoms with Crippen molar-refractivity contribution in [3.63, 3.8) is 0 Å². The summed E-state index contributed by atoms with van der Waals surface area (Å²) in [6, 6.07) is 9.24. The number of ether oxygens (including phenoxy) is 1. The maximum Gasteiger partial charge on any atom is 0.258 e. The molecule has 1 unspecified atom stereocenters. The molecular weight excluding hydrogens is 266 g/mol. The van der Waals surface area contributed by atoms with Gasteiger partial charge in [-0.3, -0.25) is 4.79 Å². The lowest BCUT2D eigenvalue weighted by Gasteiger charge is -2.25. The molecule has 3 rings (SSSR count). The summed E-state index contributed by atoms with van der Waals surface area (Å²) in [6.07, 6.45) is 3.87. The van der Waals surface area contributed by atoms with Gasteiger partial charge in [-0.15, -0.1) is 0 Å². The number of carbonyl (C=O) groups is 1. The molecule has 110 valence electrons. The quantitative estimate of drug-likeness (QED) is 0.851. The summed E-state index contributed by atoms with van der Waals surface area (Å²) < 4.78 is 5.30. The topological polar surface area (TPSA) is 71.3 Å². The monoisotopic (exact) mass is 285 g/mol. The van der Waals surface area contributed by atoms with E-state index in [0.717, 1.165) is 25.1 Å². The molecule has 1 aliphatic rings. The van der Waals surface area contributed by atoms with Crippen LogP contribution in [0.4, 0.5) is 5.69 Å². The maximum absolute atomic E-state index is 12.8. The fraction of sp³-hybridized carbons (Fsp3) is 0.312. The molecule has 2 aromatic rings. The Bertz CT molecular complexity index is 637. The Morgan fingerprint density at radius 1 is 1.43 bits per heavy atom. The van der Waals surface area contributed by atoms with Crippen LogP contribution in [-0.4, -0.2) is 29.4 Å². The lowest BCUT2D eigenvalue weighted by Crippen LogP contribution is -2.31. The van der Waals surface area contributed by atoms with Gasteiger partial charge in [-0.1, -0.05) is 0 Å². The van der Waals surface area contributed by atoms with Crippen LogP contribution >= 0.6 is 0 Å². The van der Waals surface area contributed by atoms with Gasteiger partial charge in [0.15, 0.2) is 0 Å². The third-order valence-electron chi connectivity index (χ3n) is 3.95. The summed E-state index contributed by atoms with van der Waals surface area (Å²) >= 11 is 0. The summed E-state index contributed by atoms with van der Waals surface area (Å²) in [6.45, 7) is 0.760. The van der Waals surface area contributed by atoms with E-state index in [1.807, 2.05) is 23.2 Å². The van der Waals surface area contributed by atoms with Crippen molar-refractivity contribution in [1.29, 1.82) is 0 Å². The zero-order chi connectivity index (χ0) is 14.8. The highest BCUT2D eigenvalue weighted by Gasteiger charge is 2.32. The van der Waals surface area contributed by atoms with E-state index in [9.17, 15) is 4.79 Å². The van der Waals surface area contributed by atoms with Crippen LogP contribution in [-0.2, 0) is 0 Å². The molecule has 5 nitrogen and oxygen atoms in total. The molecule has 1 saturated heterocycles. The minimum atomic E-state index is -0.0102. The molecule has 0 spiro atoms. The molecule has 0 aliphatic carbocycles. The number of aromatic amines is 1. The van der Waals surface area contributed by atoms with E-state index < -0.39 is 0 Å². The second-order valence-corrected chi connectivity index (χ2v) is 5.24. The van der Waals surface area contributed by atoms with Crippen LogP contribution in [0.1, 0.15) is 34.9 Å². The van der Waals surface area contributed by atoms with Gasteiger partial charge in [-0.25, -0.2) is 0 Å². The molecule has 0 saturated carbocycles. The number of nitrogens with one attached hydrogen (secondary N) is 1. The number of rotatable bonds is 3. The van der Waals surface area contributed by atoms with E-state index in [4.69, 9.17) is 10.5 Å². The third-order valence-corrected chi connectivity index (χ3v) is 3.95. The van der Waals surface area contributed by atoms with Crippen molar-refractivity contribution in [2.45, 2.75) is 18.9 Å². The molecule has 5 heteroatoms. The molecule has 1 aliphatic heterocycles. The fourth-order valence-electron chi connectivity index (χ4n) is 2.92. The number of hydrogen-bond acceptors (Lipinski definition) is 3. The first-order valence-electron chi connectivity index (χ1n) is 7.08. The van der Waals surface area contributed by atoms with Crippen molar-refractivity contribution in [2.75, 3.05) is 19.4 Å². The summed E-state index contributed by atoms with van der Waals surface area (Å²) in [5, 5.41) is 0. The molecule has 0 bridgehead atoms. The Kier molecular flexibility index (Phi) is 3.56. The number of carbonyl (C=O) groups excluding carboxylic acids is 1. The maximum atomic E-state index is 12.8. The highest BCUT2D eigenvalue weighted by Crippen LogP contribution is 2.34. The molecule has 1 amide bonds. The number of likely N-dealkylation sites (tertiary alicyclic amines) is 1. The standard InChI is InChI=1S/C16H19N3O2/c1-21-15-10-11(17)6-7-12(15)16(20)19-9-3-5-14(19)13-4-2-8-18-13/h2,4,6-8,10,14,18H,3,5,9,17H2,1H3. The second kappa shape index (κ2) is 5.52. The molecule has 2 heterocycles. The van der Waals surface area contributed by atoms with Gasteiger partial charge < -0.3 is 20.4 Å². The van der Waals surface area contributed by atoms with Crippen molar-refractivity contribution in [3.05, 3.63) is 47.8 Å². The first kappa shape index (κ1) is 13.5. The Morgan fingerprint density at radius 3 is 3.00 bits per heavy atom. The first-order chi connectivity index (χ1) is 10.2. The van der Waals surface area contributed by atoms with Crippen LogP contribution in [0.5, 0.6) is 5.75 Å². The molecule has 0 radical (unpaired) electrons. The van der Waals surface area contributed by atoms with E-state index in [1.165, 1.54) is 0 Å². The smallest absolute Gasteiger partial charge is 0.258 e. The molecule has 1 aromatic heterocycles. The number of nitrogens with two attached hydrogens (primary N) is 1. The van der Waals surface area contributed by atoms with Gasteiger partial charge in [-0.05, 0) is 37.1 Å². The van der Waals surface area contributed by atoms with E-state index in [0.29, 0.717) is 17.0 Å². The minimum Gasteiger partial charge on any atom is -0.496 e. The van der Waals surface area contributed by atoms with Gasteiger partial charge in [0.1, 0.15) is 5.75 Å². The van der Waals surface area contributed by atoms with Crippen molar-refractivity contribution in [2.24, 2.45) is 0 Å². The van der Waals surface area contributed by atoms with Crippen molar-refractivity contribution < 1.29 is 9.53 Å². The van der Waals surface area contributed by atoms with Crippen molar-refractivity contribution >= 4 is 11.6 Å². The largest absolute Gasteiger partial charge is 0.496 e.